The molecule has 0 aliphatic carbocycles. The molecule has 3 N–H and O–H groups in total. The van der Waals surface area contributed by atoms with Gasteiger partial charge in [-0.1, -0.05) is 36.4 Å². The van der Waals surface area contributed by atoms with Crippen molar-refractivity contribution in [3.63, 3.8) is 0 Å². The Morgan fingerprint density at radius 2 is 1.93 bits per heavy atom. The van der Waals surface area contributed by atoms with Gasteiger partial charge >= 0.3 is 0 Å². The van der Waals surface area contributed by atoms with Crippen molar-refractivity contribution in [2.45, 2.75) is 19.4 Å². The zero-order valence-corrected chi connectivity index (χ0v) is 15.6. The van der Waals surface area contributed by atoms with E-state index in [-0.39, 0.29) is 6.61 Å². The summed E-state index contributed by atoms with van der Waals surface area (Å²) in [6.45, 7) is 2.56. The predicted molar refractivity (Wildman–Crippen MR) is 107 cm³/mol. The maximum absolute atomic E-state index is 10.7. The third kappa shape index (κ3) is 5.23. The number of nitrogens with two attached hydrogens (primary N) is 1. The molecule has 0 atom stereocenters. The van der Waals surface area contributed by atoms with Gasteiger partial charge in [-0.15, -0.1) is 0 Å². The number of guanidine groups is 1. The number of ether oxygens (including phenoxy) is 1. The Bertz CT molecular complexity index is 802. The number of hydrogen-bond acceptors (Lipinski definition) is 3. The molecule has 2 aromatic rings. The van der Waals surface area contributed by atoms with E-state index in [0.717, 1.165) is 38.4 Å². The van der Waals surface area contributed by atoms with Crippen molar-refractivity contribution in [2.75, 3.05) is 26.7 Å². The van der Waals surface area contributed by atoms with Crippen LogP contribution >= 0.6 is 0 Å². The third-order valence-corrected chi connectivity index (χ3v) is 4.64. The highest BCUT2D eigenvalue weighted by atomic mass is 16.5. The molecule has 27 heavy (non-hydrogen) atoms. The van der Waals surface area contributed by atoms with Crippen LogP contribution in [0.25, 0.3) is 0 Å². The number of carbonyl (C=O) groups is 1. The standard InChI is InChI=1S/C21H26N4O2/c1-23-21(25-13-11-17-4-2-3-5-18(17)14-25)24-12-10-16-6-8-19(9-7-16)27-15-20(22)26/h2-9H,10-15H2,1H3,(H2,22,26)(H,23,24). The molecule has 0 radical (unpaired) electrons. The second-order valence-electron chi connectivity index (χ2n) is 6.56. The fourth-order valence-electron chi connectivity index (χ4n) is 3.23. The number of benzene rings is 2. The van der Waals surface area contributed by atoms with Crippen LogP contribution < -0.4 is 15.8 Å². The Labute approximate surface area is 160 Å². The number of amides is 1. The number of aliphatic imine (C=N–C) groups is 1. The van der Waals surface area contributed by atoms with E-state index in [0.29, 0.717) is 5.75 Å². The molecule has 1 aliphatic heterocycles. The van der Waals surface area contributed by atoms with Crippen molar-refractivity contribution in [1.82, 2.24) is 10.2 Å². The Hall–Kier alpha value is -3.02. The van der Waals surface area contributed by atoms with E-state index < -0.39 is 5.91 Å². The Morgan fingerprint density at radius 3 is 2.63 bits per heavy atom. The Morgan fingerprint density at radius 1 is 1.19 bits per heavy atom. The lowest BCUT2D eigenvalue weighted by Gasteiger charge is -2.31. The average Bonchev–Trinajstić information content (AvgIpc) is 2.70. The van der Waals surface area contributed by atoms with Crippen LogP contribution in [0.5, 0.6) is 5.75 Å². The Balaban J connectivity index is 1.48. The van der Waals surface area contributed by atoms with Gasteiger partial charge in [0.2, 0.25) is 0 Å². The number of rotatable bonds is 6. The molecule has 0 unspecified atom stereocenters. The minimum atomic E-state index is -0.477. The zero-order valence-electron chi connectivity index (χ0n) is 15.6. The van der Waals surface area contributed by atoms with Crippen LogP contribution in [0, 0.1) is 0 Å². The van der Waals surface area contributed by atoms with Crippen molar-refractivity contribution in [3.05, 3.63) is 65.2 Å². The van der Waals surface area contributed by atoms with E-state index in [1.807, 2.05) is 31.3 Å². The van der Waals surface area contributed by atoms with Gasteiger partial charge < -0.3 is 20.7 Å². The number of primary amides is 1. The smallest absolute Gasteiger partial charge is 0.255 e. The maximum atomic E-state index is 10.7. The first-order valence-corrected chi connectivity index (χ1v) is 9.18. The maximum Gasteiger partial charge on any atom is 0.255 e. The summed E-state index contributed by atoms with van der Waals surface area (Å²) in [5.74, 6) is 1.11. The molecule has 142 valence electrons. The molecule has 3 rings (SSSR count). The van der Waals surface area contributed by atoms with Crippen LogP contribution in [0.2, 0.25) is 0 Å². The van der Waals surface area contributed by atoms with Crippen molar-refractivity contribution in [3.8, 4) is 5.75 Å². The summed E-state index contributed by atoms with van der Waals surface area (Å²) in [7, 11) is 1.83. The average molecular weight is 366 g/mol. The van der Waals surface area contributed by atoms with Gasteiger partial charge in [-0.05, 0) is 41.7 Å². The highest BCUT2D eigenvalue weighted by molar-refractivity contribution is 5.80. The molecule has 1 heterocycles. The van der Waals surface area contributed by atoms with Gasteiger partial charge in [-0.3, -0.25) is 9.79 Å². The van der Waals surface area contributed by atoms with Crippen molar-refractivity contribution < 1.29 is 9.53 Å². The summed E-state index contributed by atoms with van der Waals surface area (Å²) < 4.78 is 5.27. The summed E-state index contributed by atoms with van der Waals surface area (Å²) in [5.41, 5.74) is 9.07. The lowest BCUT2D eigenvalue weighted by atomic mass is 10.0. The molecule has 1 aliphatic rings. The number of hydrogen-bond donors (Lipinski definition) is 2. The molecule has 0 saturated heterocycles. The SMILES string of the molecule is CN=C(NCCc1ccc(OCC(N)=O)cc1)N1CCc2ccccc2C1. The third-order valence-electron chi connectivity index (χ3n) is 4.64. The van der Waals surface area contributed by atoms with Crippen molar-refractivity contribution in [2.24, 2.45) is 10.7 Å². The van der Waals surface area contributed by atoms with E-state index in [9.17, 15) is 4.79 Å². The topological polar surface area (TPSA) is 80.0 Å². The second kappa shape index (κ2) is 9.07. The number of fused-ring (bicyclic) bond motifs is 1. The summed E-state index contributed by atoms with van der Waals surface area (Å²) in [6, 6.07) is 16.3. The minimum absolute atomic E-state index is 0.101. The fraction of sp³-hybridized carbons (Fsp3) is 0.333. The first-order chi connectivity index (χ1) is 13.2. The monoisotopic (exact) mass is 366 g/mol. The largest absolute Gasteiger partial charge is 0.484 e. The van der Waals surface area contributed by atoms with E-state index in [2.05, 4.69) is 39.5 Å². The number of nitrogens with one attached hydrogen (secondary N) is 1. The van der Waals surface area contributed by atoms with Gasteiger partial charge in [0.05, 0.1) is 0 Å². The molecule has 0 aromatic heterocycles. The second-order valence-corrected chi connectivity index (χ2v) is 6.56. The molecule has 6 heteroatoms. The lowest BCUT2D eigenvalue weighted by molar-refractivity contribution is -0.119. The number of nitrogens with zero attached hydrogens (tertiary/aromatic N) is 2. The van der Waals surface area contributed by atoms with Crippen LogP contribution in [0.4, 0.5) is 0 Å². The highest BCUT2D eigenvalue weighted by Gasteiger charge is 2.18. The van der Waals surface area contributed by atoms with E-state index in [4.69, 9.17) is 10.5 Å². The van der Waals surface area contributed by atoms with Crippen LogP contribution in [-0.2, 0) is 24.2 Å². The molecule has 2 aromatic carbocycles. The lowest BCUT2D eigenvalue weighted by Crippen LogP contribution is -2.44. The molecule has 0 bridgehead atoms. The zero-order chi connectivity index (χ0) is 19.1. The van der Waals surface area contributed by atoms with Crippen LogP contribution in [0.15, 0.2) is 53.5 Å². The molecular formula is C21H26N4O2. The highest BCUT2D eigenvalue weighted by Crippen LogP contribution is 2.18. The van der Waals surface area contributed by atoms with Gasteiger partial charge in [0.1, 0.15) is 5.75 Å². The van der Waals surface area contributed by atoms with Gasteiger partial charge in [0.25, 0.3) is 5.91 Å². The number of carbonyl (C=O) groups excluding carboxylic acids is 1. The molecule has 0 fully saturated rings. The van der Waals surface area contributed by atoms with Gasteiger partial charge in [-0.2, -0.15) is 0 Å². The van der Waals surface area contributed by atoms with Crippen LogP contribution in [-0.4, -0.2) is 43.5 Å². The summed E-state index contributed by atoms with van der Waals surface area (Å²) in [5, 5.41) is 3.46. The van der Waals surface area contributed by atoms with Crippen molar-refractivity contribution in [1.29, 1.82) is 0 Å². The normalized spacial score (nSPS) is 13.8. The van der Waals surface area contributed by atoms with E-state index >= 15 is 0 Å². The van der Waals surface area contributed by atoms with E-state index in [1.54, 1.807) is 0 Å². The van der Waals surface area contributed by atoms with Crippen LogP contribution in [0.1, 0.15) is 16.7 Å². The summed E-state index contributed by atoms with van der Waals surface area (Å²) in [4.78, 5) is 17.5. The van der Waals surface area contributed by atoms with Gasteiger partial charge in [-0.25, -0.2) is 0 Å². The quantitative estimate of drug-likeness (QED) is 0.603. The predicted octanol–water partition coefficient (Wildman–Crippen LogP) is 1.73. The summed E-state index contributed by atoms with van der Waals surface area (Å²) >= 11 is 0. The van der Waals surface area contributed by atoms with Crippen molar-refractivity contribution >= 4 is 11.9 Å². The molecule has 0 saturated carbocycles. The molecule has 6 nitrogen and oxygen atoms in total. The first-order valence-electron chi connectivity index (χ1n) is 9.18. The first kappa shape index (κ1) is 18.8. The molecule has 0 spiro atoms. The molecular weight excluding hydrogens is 340 g/mol. The fourth-order valence-corrected chi connectivity index (χ4v) is 3.23. The van der Waals surface area contributed by atoms with Crippen LogP contribution in [0.3, 0.4) is 0 Å². The molecule has 1 amide bonds. The van der Waals surface area contributed by atoms with Gasteiger partial charge in [0.15, 0.2) is 12.6 Å². The minimum Gasteiger partial charge on any atom is -0.484 e. The Kier molecular flexibility index (Phi) is 6.30. The summed E-state index contributed by atoms with van der Waals surface area (Å²) in [6.07, 6.45) is 1.92. The van der Waals surface area contributed by atoms with Gasteiger partial charge in [0, 0.05) is 26.7 Å². The van der Waals surface area contributed by atoms with E-state index in [1.165, 1.54) is 16.7 Å².